The molecule has 1 aromatic carbocycles. The third-order valence-electron chi connectivity index (χ3n) is 10.4. The number of hydrogen-bond donors (Lipinski definition) is 2. The zero-order valence-electron chi connectivity index (χ0n) is 35.0. The number of carbonyl (C=O) groups excluding carboxylic acids is 1. The Balaban J connectivity index is 3.44. The Kier molecular flexibility index (Phi) is 21.8. The maximum atomic E-state index is 13.0. The van der Waals surface area contributed by atoms with E-state index in [1.165, 1.54) is 7.11 Å². The van der Waals surface area contributed by atoms with Crippen LogP contribution >= 0.6 is 0 Å². The summed E-state index contributed by atoms with van der Waals surface area (Å²) in [4.78, 5) is 24.9. The van der Waals surface area contributed by atoms with E-state index in [1.54, 1.807) is 14.0 Å². The van der Waals surface area contributed by atoms with E-state index in [-0.39, 0.29) is 42.9 Å². The van der Waals surface area contributed by atoms with Gasteiger partial charge in [-0.1, -0.05) is 85.7 Å². The number of rotatable bonds is 27. The summed E-state index contributed by atoms with van der Waals surface area (Å²) in [5.41, 5.74) is 2.06. The van der Waals surface area contributed by atoms with Crippen molar-refractivity contribution in [2.75, 3.05) is 47.6 Å². The SMILES string of the molecule is CCC(=O)O[C@@H](C[C@@H](C[C@H](O)/C(C)=C\[C@@H](CC)COCOCCOC)O[Si](C)(C)C(C)(C)C)C(C)(C)c1cccc(C[C@@H](C)[C@H](OCOC)C(=O)O)c1. The van der Waals surface area contributed by atoms with Crippen LogP contribution in [0.3, 0.4) is 0 Å². The molecule has 0 aliphatic carbocycles. The number of hydrogen-bond acceptors (Lipinski definition) is 10. The van der Waals surface area contributed by atoms with Crippen molar-refractivity contribution < 1.29 is 52.6 Å². The van der Waals surface area contributed by atoms with Crippen molar-refractivity contribution in [2.24, 2.45) is 11.8 Å². The topological polar surface area (TPSA) is 139 Å². The van der Waals surface area contributed by atoms with Gasteiger partial charge in [-0.15, -0.1) is 0 Å². The molecule has 0 radical (unpaired) electrons. The molecule has 2 N–H and O–H groups in total. The molecule has 0 fully saturated rings. The molecule has 53 heavy (non-hydrogen) atoms. The molecule has 0 aromatic heterocycles. The highest BCUT2D eigenvalue weighted by Gasteiger charge is 2.43. The molecule has 0 aliphatic heterocycles. The summed E-state index contributed by atoms with van der Waals surface area (Å²) < 4.78 is 39.9. The molecule has 12 heteroatoms. The van der Waals surface area contributed by atoms with Crippen LogP contribution in [0.15, 0.2) is 35.9 Å². The summed E-state index contributed by atoms with van der Waals surface area (Å²) >= 11 is 0. The highest BCUT2D eigenvalue weighted by molar-refractivity contribution is 6.74. The fourth-order valence-corrected chi connectivity index (χ4v) is 7.18. The Hall–Kier alpha value is -2.16. The van der Waals surface area contributed by atoms with E-state index in [2.05, 4.69) is 66.8 Å². The van der Waals surface area contributed by atoms with E-state index < -0.39 is 44.1 Å². The molecule has 6 atom stereocenters. The summed E-state index contributed by atoms with van der Waals surface area (Å²) in [6.07, 6.45) is 1.50. The zero-order chi connectivity index (χ0) is 40.4. The molecule has 0 bridgehead atoms. The highest BCUT2D eigenvalue weighted by Crippen LogP contribution is 2.40. The van der Waals surface area contributed by atoms with Crippen LogP contribution in [0.5, 0.6) is 0 Å². The second kappa shape index (κ2) is 23.7. The minimum atomic E-state index is -2.33. The molecule has 1 rings (SSSR count). The maximum absolute atomic E-state index is 13.0. The van der Waals surface area contributed by atoms with Crippen molar-refractivity contribution in [1.29, 1.82) is 0 Å². The van der Waals surface area contributed by atoms with Crippen LogP contribution in [0.1, 0.15) is 99.1 Å². The van der Waals surface area contributed by atoms with Crippen molar-refractivity contribution in [2.45, 2.75) is 142 Å². The molecule has 0 unspecified atom stereocenters. The van der Waals surface area contributed by atoms with Gasteiger partial charge in [-0.05, 0) is 60.5 Å². The number of carboxylic acid groups (broad SMARTS) is 1. The summed E-state index contributed by atoms with van der Waals surface area (Å²) in [5, 5.41) is 21.3. The number of benzene rings is 1. The Morgan fingerprint density at radius 2 is 1.64 bits per heavy atom. The quantitative estimate of drug-likeness (QED) is 0.0300. The molecule has 0 amide bonds. The molecule has 11 nitrogen and oxygen atoms in total. The van der Waals surface area contributed by atoms with Crippen LogP contribution in [0.4, 0.5) is 0 Å². The number of methoxy groups -OCH3 is 2. The Labute approximate surface area is 321 Å². The first-order valence-electron chi connectivity index (χ1n) is 19.0. The molecule has 306 valence electrons. The van der Waals surface area contributed by atoms with Crippen molar-refractivity contribution in [3.63, 3.8) is 0 Å². The lowest BCUT2D eigenvalue weighted by molar-refractivity contribution is -0.163. The highest BCUT2D eigenvalue weighted by atomic mass is 28.4. The van der Waals surface area contributed by atoms with Gasteiger partial charge < -0.3 is 43.1 Å². The fraction of sp³-hybridized carbons (Fsp3) is 0.756. The first kappa shape index (κ1) is 48.9. The third-order valence-corrected chi connectivity index (χ3v) is 15.0. The molecule has 0 heterocycles. The molecular weight excluding hydrogens is 697 g/mol. The Morgan fingerprint density at radius 3 is 2.21 bits per heavy atom. The standard InChI is InChI=1S/C41H72O11Si/c1-14-31(26-49-28-48-20-19-46-10)21-29(3)35(42)24-34(52-53(12,13)40(5,6)7)25-36(51-37(43)15-2)41(8,9)33-18-16-17-32(23-33)22-30(4)38(39(44)45)50-27-47-11/h16-18,21,23,30-31,34-36,38,42H,14-15,19-20,22,24-28H2,1-13H3,(H,44,45)/b29-21-/t30-,31-,34-,35+,36+,38+/m1/s1. The van der Waals surface area contributed by atoms with Gasteiger partial charge in [0.1, 0.15) is 19.7 Å². The van der Waals surface area contributed by atoms with Crippen LogP contribution in [0, 0.1) is 11.8 Å². The van der Waals surface area contributed by atoms with Gasteiger partial charge in [-0.25, -0.2) is 4.79 Å². The van der Waals surface area contributed by atoms with Gasteiger partial charge in [0.15, 0.2) is 14.4 Å². The average molecular weight is 769 g/mol. The number of carbonyl (C=O) groups is 2. The normalized spacial score (nSPS) is 16.5. The van der Waals surface area contributed by atoms with Crippen molar-refractivity contribution >= 4 is 20.3 Å². The van der Waals surface area contributed by atoms with Crippen molar-refractivity contribution in [3.8, 4) is 0 Å². The van der Waals surface area contributed by atoms with Gasteiger partial charge in [0.25, 0.3) is 0 Å². The summed E-state index contributed by atoms with van der Waals surface area (Å²) in [6, 6.07) is 7.98. The zero-order valence-corrected chi connectivity index (χ0v) is 36.0. The summed E-state index contributed by atoms with van der Waals surface area (Å²) in [5.74, 6) is -1.59. The van der Waals surface area contributed by atoms with Crippen LogP contribution in [-0.4, -0.2) is 103 Å². The number of carboxylic acids is 1. The molecule has 0 saturated carbocycles. The van der Waals surface area contributed by atoms with E-state index >= 15 is 0 Å². The fourth-order valence-electron chi connectivity index (χ4n) is 5.80. The first-order valence-corrected chi connectivity index (χ1v) is 22.0. The lowest BCUT2D eigenvalue weighted by Crippen LogP contribution is -2.47. The Morgan fingerprint density at radius 1 is 0.962 bits per heavy atom. The van der Waals surface area contributed by atoms with E-state index in [1.807, 2.05) is 32.0 Å². The van der Waals surface area contributed by atoms with Gasteiger partial charge in [0, 0.05) is 44.8 Å². The molecular formula is C41H72O11Si. The number of ether oxygens (including phenoxy) is 6. The predicted molar refractivity (Wildman–Crippen MR) is 210 cm³/mol. The second-order valence-electron chi connectivity index (χ2n) is 16.2. The number of aliphatic hydroxyl groups is 1. The van der Waals surface area contributed by atoms with Crippen LogP contribution in [0.2, 0.25) is 18.1 Å². The van der Waals surface area contributed by atoms with Crippen LogP contribution in [-0.2, 0) is 54.3 Å². The minimum Gasteiger partial charge on any atom is -0.479 e. The smallest absolute Gasteiger partial charge is 0.333 e. The number of aliphatic carboxylic acids is 1. The van der Waals surface area contributed by atoms with Gasteiger partial charge in [-0.2, -0.15) is 0 Å². The van der Waals surface area contributed by atoms with Crippen molar-refractivity contribution in [3.05, 3.63) is 47.0 Å². The number of esters is 1. The van der Waals surface area contributed by atoms with Crippen LogP contribution < -0.4 is 0 Å². The lowest BCUT2D eigenvalue weighted by Gasteiger charge is -2.42. The third kappa shape index (κ3) is 17.0. The maximum Gasteiger partial charge on any atom is 0.333 e. The van der Waals surface area contributed by atoms with Gasteiger partial charge in [0.05, 0.1) is 32.0 Å². The average Bonchev–Trinajstić information content (AvgIpc) is 3.08. The second-order valence-corrected chi connectivity index (χ2v) is 21.0. The van der Waals surface area contributed by atoms with Gasteiger partial charge in [-0.3, -0.25) is 4.79 Å². The summed E-state index contributed by atoms with van der Waals surface area (Å²) in [6.45, 7) is 24.2. The number of aliphatic hydroxyl groups excluding tert-OH is 1. The lowest BCUT2D eigenvalue weighted by atomic mass is 9.76. The van der Waals surface area contributed by atoms with Crippen molar-refractivity contribution in [1.82, 2.24) is 0 Å². The predicted octanol–water partition coefficient (Wildman–Crippen LogP) is 7.68. The van der Waals surface area contributed by atoms with Crippen LogP contribution in [0.25, 0.3) is 0 Å². The minimum absolute atomic E-state index is 0.0893. The van der Waals surface area contributed by atoms with E-state index in [0.29, 0.717) is 39.1 Å². The molecule has 0 spiro atoms. The van der Waals surface area contributed by atoms with Gasteiger partial charge in [0.2, 0.25) is 0 Å². The largest absolute Gasteiger partial charge is 0.479 e. The van der Waals surface area contributed by atoms with E-state index in [0.717, 1.165) is 23.1 Å². The van der Waals surface area contributed by atoms with Gasteiger partial charge >= 0.3 is 11.9 Å². The summed E-state index contributed by atoms with van der Waals surface area (Å²) in [7, 11) is 0.750. The van der Waals surface area contributed by atoms with E-state index in [9.17, 15) is 19.8 Å². The Bertz CT molecular complexity index is 1240. The monoisotopic (exact) mass is 768 g/mol. The molecule has 0 saturated heterocycles. The molecule has 1 aromatic rings. The van der Waals surface area contributed by atoms with E-state index in [4.69, 9.17) is 32.8 Å². The first-order chi connectivity index (χ1) is 24.7. The molecule has 0 aliphatic rings.